The molecule has 0 spiro atoms. The number of rotatable bonds is 6. The number of unbranched alkanes of at least 4 members (excludes halogenated alkanes) is 1. The van der Waals surface area contributed by atoms with Crippen LogP contribution in [0, 0.1) is 6.92 Å². The summed E-state index contributed by atoms with van der Waals surface area (Å²) >= 11 is 0. The summed E-state index contributed by atoms with van der Waals surface area (Å²) in [4.78, 5) is 0. The molecule has 0 radical (unpaired) electrons. The molecule has 0 fully saturated rings. The molecule has 2 rings (SSSR count). The van der Waals surface area contributed by atoms with Crippen LogP contribution in [0.1, 0.15) is 44.4 Å². The Labute approximate surface area is 121 Å². The van der Waals surface area contributed by atoms with Gasteiger partial charge in [0.1, 0.15) is 0 Å². The molecule has 1 heterocycles. The summed E-state index contributed by atoms with van der Waals surface area (Å²) < 4.78 is 1.74. The molecular formula is C17H24N2O. The molecule has 0 saturated heterocycles. The highest BCUT2D eigenvalue weighted by Gasteiger charge is 2.18. The zero-order valence-electron chi connectivity index (χ0n) is 12.7. The van der Waals surface area contributed by atoms with Gasteiger partial charge in [-0.25, -0.2) is 4.68 Å². The lowest BCUT2D eigenvalue weighted by molar-refractivity contribution is 0.398. The standard InChI is InChI=1S/C17H24N2O/c1-4-6-7-15-16(14-10-8-13(3)9-11-14)17(20)19(18-15)12-5-2/h8-11,20H,4-7,12H2,1-3H3. The van der Waals surface area contributed by atoms with Gasteiger partial charge in [-0.1, -0.05) is 50.1 Å². The van der Waals surface area contributed by atoms with Gasteiger partial charge in [0, 0.05) is 6.54 Å². The summed E-state index contributed by atoms with van der Waals surface area (Å²) in [5.41, 5.74) is 4.21. The van der Waals surface area contributed by atoms with Gasteiger partial charge >= 0.3 is 0 Å². The third kappa shape index (κ3) is 3.03. The number of aryl methyl sites for hydroxylation is 3. The van der Waals surface area contributed by atoms with Crippen LogP contribution in [0.2, 0.25) is 0 Å². The molecule has 2 aromatic rings. The van der Waals surface area contributed by atoms with Gasteiger partial charge < -0.3 is 5.11 Å². The number of nitrogens with zero attached hydrogens (tertiary/aromatic N) is 2. The van der Waals surface area contributed by atoms with E-state index in [0.717, 1.165) is 49.0 Å². The minimum absolute atomic E-state index is 0.307. The molecule has 20 heavy (non-hydrogen) atoms. The largest absolute Gasteiger partial charge is 0.493 e. The van der Waals surface area contributed by atoms with Crippen LogP contribution in [0.4, 0.5) is 0 Å². The van der Waals surface area contributed by atoms with E-state index < -0.39 is 0 Å². The Balaban J connectivity index is 2.44. The minimum Gasteiger partial charge on any atom is -0.493 e. The maximum Gasteiger partial charge on any atom is 0.217 e. The van der Waals surface area contributed by atoms with Crippen LogP contribution in [-0.2, 0) is 13.0 Å². The van der Waals surface area contributed by atoms with Crippen LogP contribution in [0.15, 0.2) is 24.3 Å². The Morgan fingerprint density at radius 1 is 1.10 bits per heavy atom. The first kappa shape index (κ1) is 14.6. The van der Waals surface area contributed by atoms with Crippen LogP contribution in [0.25, 0.3) is 11.1 Å². The van der Waals surface area contributed by atoms with Crippen molar-refractivity contribution < 1.29 is 5.11 Å². The predicted molar refractivity (Wildman–Crippen MR) is 83.0 cm³/mol. The molecule has 0 amide bonds. The van der Waals surface area contributed by atoms with Gasteiger partial charge in [-0.15, -0.1) is 0 Å². The second kappa shape index (κ2) is 6.60. The Morgan fingerprint density at radius 2 is 1.80 bits per heavy atom. The molecule has 108 valence electrons. The lowest BCUT2D eigenvalue weighted by Crippen LogP contribution is -1.99. The Bertz CT molecular complexity index is 555. The second-order valence-electron chi connectivity index (χ2n) is 5.34. The maximum atomic E-state index is 10.5. The summed E-state index contributed by atoms with van der Waals surface area (Å²) in [6.45, 7) is 7.10. The highest BCUT2D eigenvalue weighted by molar-refractivity contribution is 5.71. The predicted octanol–water partition coefficient (Wildman–Crippen LogP) is 4.32. The minimum atomic E-state index is 0.307. The molecule has 0 saturated carbocycles. The number of benzene rings is 1. The summed E-state index contributed by atoms with van der Waals surface area (Å²) in [5, 5.41) is 15.1. The van der Waals surface area contributed by atoms with E-state index in [1.807, 2.05) is 0 Å². The topological polar surface area (TPSA) is 38.0 Å². The molecular weight excluding hydrogens is 248 g/mol. The first-order valence-electron chi connectivity index (χ1n) is 7.53. The van der Waals surface area contributed by atoms with E-state index in [1.54, 1.807) is 4.68 Å². The molecule has 1 aromatic carbocycles. The molecule has 0 atom stereocenters. The summed E-state index contributed by atoms with van der Waals surface area (Å²) in [7, 11) is 0. The van der Waals surface area contributed by atoms with E-state index >= 15 is 0 Å². The highest BCUT2D eigenvalue weighted by Crippen LogP contribution is 2.33. The van der Waals surface area contributed by atoms with Crippen molar-refractivity contribution in [2.24, 2.45) is 0 Å². The normalized spacial score (nSPS) is 10.9. The molecule has 1 aromatic heterocycles. The smallest absolute Gasteiger partial charge is 0.217 e. The van der Waals surface area contributed by atoms with Crippen LogP contribution < -0.4 is 0 Å². The van der Waals surface area contributed by atoms with Crippen molar-refractivity contribution in [2.75, 3.05) is 0 Å². The molecule has 3 heteroatoms. The van der Waals surface area contributed by atoms with Crippen molar-refractivity contribution in [3.63, 3.8) is 0 Å². The van der Waals surface area contributed by atoms with Gasteiger partial charge in [0.05, 0.1) is 11.3 Å². The van der Waals surface area contributed by atoms with E-state index in [-0.39, 0.29) is 0 Å². The van der Waals surface area contributed by atoms with Gasteiger partial charge in [-0.2, -0.15) is 5.10 Å². The average molecular weight is 272 g/mol. The maximum absolute atomic E-state index is 10.5. The van der Waals surface area contributed by atoms with Gasteiger partial charge in [-0.05, 0) is 31.7 Å². The lowest BCUT2D eigenvalue weighted by atomic mass is 10.0. The molecule has 0 aliphatic carbocycles. The SMILES string of the molecule is CCCCc1nn(CCC)c(O)c1-c1ccc(C)cc1. The van der Waals surface area contributed by atoms with Crippen LogP contribution >= 0.6 is 0 Å². The van der Waals surface area contributed by atoms with Gasteiger partial charge in [0.2, 0.25) is 5.88 Å². The zero-order valence-corrected chi connectivity index (χ0v) is 12.7. The summed E-state index contributed by atoms with van der Waals surface area (Å²) in [6, 6.07) is 8.29. The van der Waals surface area contributed by atoms with Crippen molar-refractivity contribution in [3.05, 3.63) is 35.5 Å². The third-order valence-corrected chi connectivity index (χ3v) is 3.54. The quantitative estimate of drug-likeness (QED) is 0.850. The van der Waals surface area contributed by atoms with Crippen molar-refractivity contribution in [1.82, 2.24) is 9.78 Å². The van der Waals surface area contributed by atoms with Crippen molar-refractivity contribution in [3.8, 4) is 17.0 Å². The molecule has 0 aliphatic heterocycles. The summed E-state index contributed by atoms with van der Waals surface area (Å²) in [6.07, 6.45) is 4.12. The third-order valence-electron chi connectivity index (χ3n) is 3.54. The average Bonchev–Trinajstić information content (AvgIpc) is 2.75. The van der Waals surface area contributed by atoms with Gasteiger partial charge in [0.15, 0.2) is 0 Å². The van der Waals surface area contributed by atoms with E-state index in [2.05, 4.69) is 50.1 Å². The van der Waals surface area contributed by atoms with Crippen molar-refractivity contribution in [1.29, 1.82) is 0 Å². The van der Waals surface area contributed by atoms with Crippen molar-refractivity contribution in [2.45, 2.75) is 53.0 Å². The van der Waals surface area contributed by atoms with Crippen LogP contribution in [-0.4, -0.2) is 14.9 Å². The molecule has 1 N–H and O–H groups in total. The monoisotopic (exact) mass is 272 g/mol. The molecule has 3 nitrogen and oxygen atoms in total. The van der Waals surface area contributed by atoms with Gasteiger partial charge in [-0.3, -0.25) is 0 Å². The second-order valence-corrected chi connectivity index (χ2v) is 5.34. The fourth-order valence-electron chi connectivity index (χ4n) is 2.40. The fourth-order valence-corrected chi connectivity index (χ4v) is 2.40. The molecule has 0 bridgehead atoms. The van der Waals surface area contributed by atoms with Gasteiger partial charge in [0.25, 0.3) is 0 Å². The highest BCUT2D eigenvalue weighted by atomic mass is 16.3. The first-order valence-corrected chi connectivity index (χ1v) is 7.53. The van der Waals surface area contributed by atoms with Crippen LogP contribution in [0.3, 0.4) is 0 Å². The van der Waals surface area contributed by atoms with Crippen molar-refractivity contribution >= 4 is 0 Å². The van der Waals surface area contributed by atoms with Crippen LogP contribution in [0.5, 0.6) is 5.88 Å². The van der Waals surface area contributed by atoms with E-state index in [9.17, 15) is 5.11 Å². The first-order chi connectivity index (χ1) is 9.67. The number of hydrogen-bond acceptors (Lipinski definition) is 2. The fraction of sp³-hybridized carbons (Fsp3) is 0.471. The molecule has 0 aliphatic rings. The van der Waals surface area contributed by atoms with E-state index in [1.165, 1.54) is 5.56 Å². The Morgan fingerprint density at radius 3 is 2.40 bits per heavy atom. The van der Waals surface area contributed by atoms with E-state index in [0.29, 0.717) is 5.88 Å². The summed E-state index contributed by atoms with van der Waals surface area (Å²) in [5.74, 6) is 0.307. The lowest BCUT2D eigenvalue weighted by Gasteiger charge is -2.04. The number of aromatic nitrogens is 2. The Hall–Kier alpha value is -1.77. The number of hydrogen-bond donors (Lipinski definition) is 1. The molecule has 0 unspecified atom stereocenters. The zero-order chi connectivity index (χ0) is 14.5. The Kier molecular flexibility index (Phi) is 4.83. The number of aromatic hydroxyl groups is 1. The van der Waals surface area contributed by atoms with E-state index in [4.69, 9.17) is 0 Å².